The third-order valence-corrected chi connectivity index (χ3v) is 4.95. The zero-order valence-corrected chi connectivity index (χ0v) is 18.1. The van der Waals surface area contributed by atoms with Gasteiger partial charge in [-0.25, -0.2) is 0 Å². The number of hydrogen-bond donors (Lipinski definition) is 1. The van der Waals surface area contributed by atoms with E-state index in [2.05, 4.69) is 12.6 Å². The van der Waals surface area contributed by atoms with Crippen molar-refractivity contribution < 1.29 is 23.7 Å². The predicted molar refractivity (Wildman–Crippen MR) is 113 cm³/mol. The lowest BCUT2D eigenvalue weighted by Crippen LogP contribution is -2.29. The first kappa shape index (κ1) is 25.2. The molecule has 0 radical (unpaired) electrons. The van der Waals surface area contributed by atoms with Gasteiger partial charge in [0.05, 0.1) is 52.9 Å². The highest BCUT2D eigenvalue weighted by Gasteiger charge is 2.10. The van der Waals surface area contributed by atoms with E-state index in [0.29, 0.717) is 52.9 Å². The standard InChI is InChI=1S/C21H42O5S/c27-18-10-8-6-4-2-1-3-5-7-9-11-24-19-21-20-25-15-14-22-12-13-23-16-17-26-21/h21,27H,1-20H2. The van der Waals surface area contributed by atoms with Gasteiger partial charge in [-0.1, -0.05) is 51.4 Å². The molecule has 0 amide bonds. The molecule has 6 heteroatoms. The van der Waals surface area contributed by atoms with E-state index in [9.17, 15) is 0 Å². The normalized spacial score (nSPS) is 20.1. The Kier molecular flexibility index (Phi) is 19.5. The van der Waals surface area contributed by atoms with Crippen molar-refractivity contribution in [3.63, 3.8) is 0 Å². The Hall–Kier alpha value is 0.150. The Morgan fingerprint density at radius 1 is 0.630 bits per heavy atom. The molecule has 0 saturated carbocycles. The van der Waals surface area contributed by atoms with E-state index in [-0.39, 0.29) is 6.10 Å². The van der Waals surface area contributed by atoms with Crippen LogP contribution in [0.2, 0.25) is 0 Å². The molecule has 1 saturated heterocycles. The van der Waals surface area contributed by atoms with Gasteiger partial charge >= 0.3 is 0 Å². The SMILES string of the molecule is SCCCCCCCCCCCCOCC1COCCOCCOCCO1. The van der Waals surface area contributed by atoms with Crippen molar-refractivity contribution in [1.82, 2.24) is 0 Å². The Morgan fingerprint density at radius 3 is 1.78 bits per heavy atom. The van der Waals surface area contributed by atoms with Crippen LogP contribution in [0.15, 0.2) is 0 Å². The summed E-state index contributed by atoms with van der Waals surface area (Å²) in [6.45, 7) is 5.54. The Bertz CT molecular complexity index is 282. The van der Waals surface area contributed by atoms with E-state index in [0.717, 1.165) is 18.8 Å². The molecule has 0 aliphatic carbocycles. The zero-order chi connectivity index (χ0) is 19.3. The van der Waals surface area contributed by atoms with E-state index >= 15 is 0 Å². The molecule has 1 fully saturated rings. The van der Waals surface area contributed by atoms with Crippen LogP contribution in [-0.4, -0.2) is 71.3 Å². The zero-order valence-electron chi connectivity index (χ0n) is 17.2. The molecule has 0 aromatic rings. The summed E-state index contributed by atoms with van der Waals surface area (Å²) in [6.07, 6.45) is 13.2. The molecule has 0 aromatic carbocycles. The van der Waals surface area contributed by atoms with Gasteiger partial charge in [0.15, 0.2) is 0 Å². The quantitative estimate of drug-likeness (QED) is 0.345. The highest BCUT2D eigenvalue weighted by atomic mass is 32.1. The monoisotopic (exact) mass is 406 g/mol. The molecule has 1 unspecified atom stereocenters. The lowest BCUT2D eigenvalue weighted by atomic mass is 10.1. The molecule has 0 aromatic heterocycles. The van der Waals surface area contributed by atoms with E-state index < -0.39 is 0 Å². The maximum Gasteiger partial charge on any atom is 0.104 e. The second kappa shape index (κ2) is 20.9. The summed E-state index contributed by atoms with van der Waals surface area (Å²) < 4.78 is 28.0. The lowest BCUT2D eigenvalue weighted by Gasteiger charge is -2.19. The molecule has 1 atom stereocenters. The van der Waals surface area contributed by atoms with Gasteiger partial charge in [0.1, 0.15) is 6.10 Å². The molecular formula is C21H42O5S. The second-order valence-corrected chi connectivity index (χ2v) is 7.57. The van der Waals surface area contributed by atoms with Gasteiger partial charge in [0.2, 0.25) is 0 Å². The van der Waals surface area contributed by atoms with Crippen molar-refractivity contribution in [3.8, 4) is 0 Å². The average Bonchev–Trinajstić information content (AvgIpc) is 2.67. The minimum atomic E-state index is -0.0180. The summed E-state index contributed by atoms with van der Waals surface area (Å²) in [5.74, 6) is 1.03. The van der Waals surface area contributed by atoms with Gasteiger partial charge in [0, 0.05) is 6.61 Å². The lowest BCUT2D eigenvalue weighted by molar-refractivity contribution is -0.0903. The number of ether oxygens (including phenoxy) is 5. The maximum absolute atomic E-state index is 5.80. The minimum Gasteiger partial charge on any atom is -0.379 e. The highest BCUT2D eigenvalue weighted by Crippen LogP contribution is 2.11. The van der Waals surface area contributed by atoms with Gasteiger partial charge in [-0.05, 0) is 18.6 Å². The Morgan fingerprint density at radius 2 is 1.15 bits per heavy atom. The molecule has 5 nitrogen and oxygen atoms in total. The van der Waals surface area contributed by atoms with Crippen LogP contribution in [0.25, 0.3) is 0 Å². The van der Waals surface area contributed by atoms with Gasteiger partial charge in [-0.3, -0.25) is 0 Å². The predicted octanol–water partition coefficient (Wildman–Crippen LogP) is 4.28. The van der Waals surface area contributed by atoms with Crippen LogP contribution in [0.1, 0.15) is 64.2 Å². The molecule has 1 rings (SSSR count). The van der Waals surface area contributed by atoms with E-state index in [1.807, 2.05) is 0 Å². The molecule has 27 heavy (non-hydrogen) atoms. The topological polar surface area (TPSA) is 46.2 Å². The number of hydrogen-bond acceptors (Lipinski definition) is 6. The molecular weight excluding hydrogens is 364 g/mol. The second-order valence-electron chi connectivity index (χ2n) is 7.13. The van der Waals surface area contributed by atoms with Crippen LogP contribution in [0.5, 0.6) is 0 Å². The van der Waals surface area contributed by atoms with Crippen molar-refractivity contribution in [1.29, 1.82) is 0 Å². The van der Waals surface area contributed by atoms with Gasteiger partial charge in [-0.2, -0.15) is 12.6 Å². The summed E-state index contributed by atoms with van der Waals surface area (Å²) in [5.41, 5.74) is 0. The third-order valence-electron chi connectivity index (χ3n) is 4.63. The van der Waals surface area contributed by atoms with Crippen LogP contribution >= 0.6 is 12.6 Å². The molecule has 0 spiro atoms. The van der Waals surface area contributed by atoms with Crippen molar-refractivity contribution >= 4 is 12.6 Å². The molecule has 162 valence electrons. The van der Waals surface area contributed by atoms with E-state index in [1.54, 1.807) is 0 Å². The highest BCUT2D eigenvalue weighted by molar-refractivity contribution is 7.80. The maximum atomic E-state index is 5.80. The molecule has 1 aliphatic heterocycles. The largest absolute Gasteiger partial charge is 0.379 e. The van der Waals surface area contributed by atoms with Gasteiger partial charge < -0.3 is 23.7 Å². The van der Waals surface area contributed by atoms with Crippen LogP contribution in [0.3, 0.4) is 0 Å². The van der Waals surface area contributed by atoms with Crippen LogP contribution in [-0.2, 0) is 23.7 Å². The van der Waals surface area contributed by atoms with Crippen molar-refractivity contribution in [2.45, 2.75) is 70.3 Å². The first-order valence-electron chi connectivity index (χ1n) is 11.0. The fourth-order valence-corrected chi connectivity index (χ4v) is 3.24. The first-order chi connectivity index (χ1) is 13.4. The van der Waals surface area contributed by atoms with Crippen LogP contribution < -0.4 is 0 Å². The number of unbranched alkanes of at least 4 members (excludes halogenated alkanes) is 9. The van der Waals surface area contributed by atoms with E-state index in [4.69, 9.17) is 23.7 Å². The van der Waals surface area contributed by atoms with Crippen LogP contribution in [0.4, 0.5) is 0 Å². The summed E-state index contributed by atoms with van der Waals surface area (Å²) in [5, 5.41) is 0. The third kappa shape index (κ3) is 17.9. The van der Waals surface area contributed by atoms with Crippen molar-refractivity contribution in [2.75, 3.05) is 65.2 Å². The molecule has 0 N–H and O–H groups in total. The Balaban J connectivity index is 1.88. The number of thiol groups is 1. The minimum absolute atomic E-state index is 0.0180. The Labute approximate surface area is 172 Å². The smallest absolute Gasteiger partial charge is 0.104 e. The molecule has 1 heterocycles. The summed E-state index contributed by atoms with van der Waals surface area (Å²) >= 11 is 4.25. The number of rotatable bonds is 14. The van der Waals surface area contributed by atoms with E-state index in [1.165, 1.54) is 57.8 Å². The van der Waals surface area contributed by atoms with Crippen molar-refractivity contribution in [3.05, 3.63) is 0 Å². The molecule has 1 aliphatic rings. The average molecular weight is 407 g/mol. The fraction of sp³-hybridized carbons (Fsp3) is 1.00. The molecule has 0 bridgehead atoms. The fourth-order valence-electron chi connectivity index (χ4n) is 3.02. The van der Waals surface area contributed by atoms with Crippen molar-refractivity contribution in [2.24, 2.45) is 0 Å². The first-order valence-corrected chi connectivity index (χ1v) is 11.6. The van der Waals surface area contributed by atoms with Gasteiger partial charge in [0.25, 0.3) is 0 Å². The van der Waals surface area contributed by atoms with Crippen LogP contribution in [0, 0.1) is 0 Å². The summed E-state index contributed by atoms with van der Waals surface area (Å²) in [4.78, 5) is 0. The van der Waals surface area contributed by atoms with Gasteiger partial charge in [-0.15, -0.1) is 0 Å². The summed E-state index contributed by atoms with van der Waals surface area (Å²) in [7, 11) is 0. The summed E-state index contributed by atoms with van der Waals surface area (Å²) in [6, 6.07) is 0.